The molecule has 2 atom stereocenters. The summed E-state index contributed by atoms with van der Waals surface area (Å²) in [4.78, 5) is 14.3. The minimum absolute atomic E-state index is 0.0281. The molecule has 1 amide bonds. The van der Waals surface area contributed by atoms with Gasteiger partial charge in [-0.25, -0.2) is 0 Å². The van der Waals surface area contributed by atoms with Crippen molar-refractivity contribution in [2.45, 2.75) is 50.8 Å². The fourth-order valence-electron chi connectivity index (χ4n) is 2.91. The van der Waals surface area contributed by atoms with E-state index in [2.05, 4.69) is 24.1 Å². The van der Waals surface area contributed by atoms with Gasteiger partial charge in [0.1, 0.15) is 0 Å². The average Bonchev–Trinajstić information content (AvgIpc) is 2.82. The first kappa shape index (κ1) is 13.8. The van der Waals surface area contributed by atoms with Crippen LogP contribution in [-0.4, -0.2) is 54.7 Å². The lowest BCUT2D eigenvalue weighted by molar-refractivity contribution is -0.136. The van der Waals surface area contributed by atoms with Crippen LogP contribution in [0.15, 0.2) is 0 Å². The Hall–Kier alpha value is -0.650. The molecule has 2 rings (SSSR count). The van der Waals surface area contributed by atoms with Gasteiger partial charge in [0.25, 0.3) is 0 Å². The fraction of sp³-hybridized carbons (Fsp3) is 0.923. The van der Waals surface area contributed by atoms with E-state index >= 15 is 0 Å². The van der Waals surface area contributed by atoms with Gasteiger partial charge in [0.05, 0.1) is 12.1 Å². The highest BCUT2D eigenvalue weighted by atomic mass is 16.5. The maximum absolute atomic E-state index is 12.0. The predicted molar refractivity (Wildman–Crippen MR) is 70.2 cm³/mol. The van der Waals surface area contributed by atoms with E-state index in [0.717, 1.165) is 26.0 Å². The number of nitrogens with two attached hydrogens (primary N) is 1. The Kier molecular flexibility index (Phi) is 4.25. The van der Waals surface area contributed by atoms with E-state index in [-0.39, 0.29) is 23.6 Å². The molecular formula is C13H25N3O2. The minimum atomic E-state index is -0.108. The molecule has 0 spiro atoms. The van der Waals surface area contributed by atoms with Crippen LogP contribution in [-0.2, 0) is 9.53 Å². The third-order valence-corrected chi connectivity index (χ3v) is 4.02. The molecule has 0 radical (unpaired) electrons. The number of nitrogens with zero attached hydrogens (tertiary/aromatic N) is 1. The first-order chi connectivity index (χ1) is 8.54. The summed E-state index contributed by atoms with van der Waals surface area (Å²) in [5, 5.41) is 2.99. The van der Waals surface area contributed by atoms with Crippen molar-refractivity contribution < 1.29 is 9.53 Å². The quantitative estimate of drug-likeness (QED) is 0.747. The number of rotatable bonds is 4. The third kappa shape index (κ3) is 2.84. The van der Waals surface area contributed by atoms with Crippen LogP contribution in [0.4, 0.5) is 0 Å². The van der Waals surface area contributed by atoms with E-state index in [4.69, 9.17) is 10.5 Å². The van der Waals surface area contributed by atoms with Gasteiger partial charge in [-0.15, -0.1) is 0 Å². The van der Waals surface area contributed by atoms with Gasteiger partial charge in [-0.3, -0.25) is 9.69 Å². The largest absolute Gasteiger partial charge is 0.377 e. The highest BCUT2D eigenvalue weighted by Crippen LogP contribution is 2.26. The van der Waals surface area contributed by atoms with Gasteiger partial charge in [-0.2, -0.15) is 0 Å². The van der Waals surface area contributed by atoms with E-state index in [9.17, 15) is 4.79 Å². The zero-order chi connectivity index (χ0) is 13.2. The smallest absolute Gasteiger partial charge is 0.237 e. The Labute approximate surface area is 109 Å². The molecule has 5 nitrogen and oxygen atoms in total. The molecule has 0 aromatic heterocycles. The summed E-state index contributed by atoms with van der Waals surface area (Å²) >= 11 is 0. The molecule has 2 aliphatic heterocycles. The Balaban J connectivity index is 2.09. The van der Waals surface area contributed by atoms with Crippen LogP contribution in [0.1, 0.15) is 33.1 Å². The zero-order valence-electron chi connectivity index (χ0n) is 11.4. The van der Waals surface area contributed by atoms with Crippen molar-refractivity contribution in [3.8, 4) is 0 Å². The van der Waals surface area contributed by atoms with Gasteiger partial charge in [0.2, 0.25) is 5.91 Å². The highest BCUT2D eigenvalue weighted by molar-refractivity contribution is 5.82. The third-order valence-electron chi connectivity index (χ3n) is 4.02. The number of nitrogens with one attached hydrogen (secondary N) is 1. The summed E-state index contributed by atoms with van der Waals surface area (Å²) < 4.78 is 5.71. The second kappa shape index (κ2) is 5.55. The number of amides is 1. The summed E-state index contributed by atoms with van der Waals surface area (Å²) in [5.74, 6) is 0.109. The Morgan fingerprint density at radius 2 is 2.33 bits per heavy atom. The van der Waals surface area contributed by atoms with Gasteiger partial charge in [0.15, 0.2) is 0 Å². The summed E-state index contributed by atoms with van der Waals surface area (Å²) in [6.07, 6.45) is 3.22. The Bertz CT molecular complexity index is 301. The monoisotopic (exact) mass is 255 g/mol. The van der Waals surface area contributed by atoms with Gasteiger partial charge >= 0.3 is 0 Å². The van der Waals surface area contributed by atoms with Crippen LogP contribution in [0.25, 0.3) is 0 Å². The molecule has 2 aliphatic rings. The van der Waals surface area contributed by atoms with Crippen LogP contribution >= 0.6 is 0 Å². The topological polar surface area (TPSA) is 67.6 Å². The molecule has 0 aliphatic carbocycles. The van der Waals surface area contributed by atoms with Crippen molar-refractivity contribution in [3.63, 3.8) is 0 Å². The molecule has 0 bridgehead atoms. The zero-order valence-corrected chi connectivity index (χ0v) is 11.4. The number of carbonyl (C=O) groups is 1. The lowest BCUT2D eigenvalue weighted by Crippen LogP contribution is -2.66. The maximum atomic E-state index is 12.0. The molecule has 104 valence electrons. The molecule has 2 heterocycles. The molecule has 0 aromatic rings. The number of piperazine rings is 1. The minimum Gasteiger partial charge on any atom is -0.377 e. The summed E-state index contributed by atoms with van der Waals surface area (Å²) in [5.41, 5.74) is 5.61. The first-order valence-corrected chi connectivity index (χ1v) is 6.91. The molecule has 2 unspecified atom stereocenters. The molecule has 5 heteroatoms. The first-order valence-electron chi connectivity index (χ1n) is 6.91. The van der Waals surface area contributed by atoms with Crippen LogP contribution in [0, 0.1) is 0 Å². The van der Waals surface area contributed by atoms with Gasteiger partial charge < -0.3 is 15.8 Å². The number of carbonyl (C=O) groups excluding carboxylic acids is 1. The normalized spacial score (nSPS) is 32.5. The average molecular weight is 255 g/mol. The lowest BCUT2D eigenvalue weighted by Gasteiger charge is -2.48. The van der Waals surface area contributed by atoms with Crippen molar-refractivity contribution in [2.75, 3.05) is 26.2 Å². The molecule has 2 saturated heterocycles. The number of hydrogen-bond acceptors (Lipinski definition) is 4. The number of ether oxygens (including phenoxy) is 1. The maximum Gasteiger partial charge on any atom is 0.237 e. The van der Waals surface area contributed by atoms with E-state index in [1.165, 1.54) is 0 Å². The van der Waals surface area contributed by atoms with Crippen molar-refractivity contribution in [2.24, 2.45) is 5.73 Å². The van der Waals surface area contributed by atoms with E-state index < -0.39 is 0 Å². The molecule has 2 fully saturated rings. The molecule has 18 heavy (non-hydrogen) atoms. The van der Waals surface area contributed by atoms with Crippen molar-refractivity contribution in [3.05, 3.63) is 0 Å². The van der Waals surface area contributed by atoms with Gasteiger partial charge in [0, 0.05) is 25.2 Å². The van der Waals surface area contributed by atoms with Crippen LogP contribution in [0.3, 0.4) is 0 Å². The van der Waals surface area contributed by atoms with Crippen LogP contribution in [0.2, 0.25) is 0 Å². The van der Waals surface area contributed by atoms with Gasteiger partial charge in [-0.1, -0.05) is 0 Å². The molecule has 3 N–H and O–H groups in total. The summed E-state index contributed by atoms with van der Waals surface area (Å²) in [6.45, 7) is 7.27. The van der Waals surface area contributed by atoms with Gasteiger partial charge in [-0.05, 0) is 39.7 Å². The van der Waals surface area contributed by atoms with Crippen LogP contribution in [0.5, 0.6) is 0 Å². The lowest BCUT2D eigenvalue weighted by atomic mass is 9.93. The van der Waals surface area contributed by atoms with Crippen molar-refractivity contribution in [1.82, 2.24) is 10.2 Å². The Morgan fingerprint density at radius 1 is 1.56 bits per heavy atom. The molecule has 0 aromatic carbocycles. The SMILES string of the molecule is CC1(C)CNC(=O)C(CCN)N1CC1CCCO1. The second-order valence-electron chi connectivity index (χ2n) is 5.91. The van der Waals surface area contributed by atoms with E-state index in [1.54, 1.807) is 0 Å². The Morgan fingerprint density at radius 3 is 2.94 bits per heavy atom. The van der Waals surface area contributed by atoms with Crippen molar-refractivity contribution in [1.29, 1.82) is 0 Å². The fourth-order valence-corrected chi connectivity index (χ4v) is 2.91. The van der Waals surface area contributed by atoms with Crippen molar-refractivity contribution >= 4 is 5.91 Å². The molecule has 0 saturated carbocycles. The van der Waals surface area contributed by atoms with E-state index in [1.807, 2.05) is 0 Å². The van der Waals surface area contributed by atoms with E-state index in [0.29, 0.717) is 19.5 Å². The highest BCUT2D eigenvalue weighted by Gasteiger charge is 2.41. The second-order valence-corrected chi connectivity index (χ2v) is 5.91. The van der Waals surface area contributed by atoms with Crippen LogP contribution < -0.4 is 11.1 Å². The summed E-state index contributed by atoms with van der Waals surface area (Å²) in [6, 6.07) is -0.108. The number of hydrogen-bond donors (Lipinski definition) is 2. The predicted octanol–water partition coefficient (Wildman–Crippen LogP) is 0.0932. The molecular weight excluding hydrogens is 230 g/mol. The summed E-state index contributed by atoms with van der Waals surface area (Å²) in [7, 11) is 0. The standard InChI is InChI=1S/C13H25N3O2/c1-13(2)9-15-12(17)11(5-6-14)16(13)8-10-4-3-7-18-10/h10-11H,3-9,14H2,1-2H3,(H,15,17).